The molecule has 0 radical (unpaired) electrons. The summed E-state index contributed by atoms with van der Waals surface area (Å²) in [7, 11) is 3.19. The van der Waals surface area contributed by atoms with Crippen LogP contribution >= 0.6 is 0 Å². The van der Waals surface area contributed by atoms with Crippen LogP contribution in [0.25, 0.3) is 0 Å². The van der Waals surface area contributed by atoms with Crippen LogP contribution < -0.4 is 14.9 Å². The second-order valence-electron chi connectivity index (χ2n) is 4.20. The molecule has 2 rings (SSSR count). The average Bonchev–Trinajstić information content (AvgIpc) is 2.55. The van der Waals surface area contributed by atoms with Gasteiger partial charge < -0.3 is 9.47 Å². The molecule has 2 aromatic rings. The summed E-state index contributed by atoms with van der Waals surface area (Å²) in [6, 6.07) is 14.2. The quantitative estimate of drug-likeness (QED) is 0.677. The zero-order valence-corrected chi connectivity index (χ0v) is 11.9. The van der Waals surface area contributed by atoms with E-state index in [0.717, 1.165) is 11.3 Å². The van der Waals surface area contributed by atoms with Gasteiger partial charge in [0.05, 0.1) is 20.4 Å². The van der Waals surface area contributed by atoms with Crippen LogP contribution in [0, 0.1) is 0 Å². The number of hydrogen-bond acceptors (Lipinski definition) is 4. The lowest BCUT2D eigenvalue weighted by Crippen LogP contribution is -2.17. The molecule has 108 valence electrons. The van der Waals surface area contributed by atoms with Crippen molar-refractivity contribution in [2.45, 2.75) is 0 Å². The molecule has 1 amide bonds. The van der Waals surface area contributed by atoms with Crippen molar-refractivity contribution in [2.75, 3.05) is 14.2 Å². The molecule has 0 aliphatic heterocycles. The molecule has 5 heteroatoms. The van der Waals surface area contributed by atoms with Crippen molar-refractivity contribution in [1.82, 2.24) is 5.43 Å². The number of ether oxygens (including phenoxy) is 2. The number of nitrogens with one attached hydrogen (secondary N) is 1. The van der Waals surface area contributed by atoms with Crippen molar-refractivity contribution in [2.24, 2.45) is 5.10 Å². The van der Waals surface area contributed by atoms with Crippen molar-refractivity contribution < 1.29 is 14.3 Å². The Morgan fingerprint density at radius 2 is 1.48 bits per heavy atom. The van der Waals surface area contributed by atoms with E-state index in [1.165, 1.54) is 0 Å². The Kier molecular flexibility index (Phi) is 4.93. The number of rotatable bonds is 5. The molecule has 0 unspecified atom stereocenters. The smallest absolute Gasteiger partial charge is 0.271 e. The van der Waals surface area contributed by atoms with E-state index in [9.17, 15) is 4.79 Å². The summed E-state index contributed by atoms with van der Waals surface area (Å²) in [5, 5.41) is 3.92. The number of hydrogen-bond donors (Lipinski definition) is 1. The third-order valence-electron chi connectivity index (χ3n) is 2.85. The van der Waals surface area contributed by atoms with Crippen LogP contribution in [0.15, 0.2) is 53.6 Å². The van der Waals surface area contributed by atoms with E-state index in [-0.39, 0.29) is 5.91 Å². The highest BCUT2D eigenvalue weighted by atomic mass is 16.5. The Morgan fingerprint density at radius 3 is 2.00 bits per heavy atom. The number of hydrazone groups is 1. The van der Waals surface area contributed by atoms with Crippen LogP contribution in [0.5, 0.6) is 11.5 Å². The molecular formula is C16H16N2O3. The first kappa shape index (κ1) is 14.6. The maximum Gasteiger partial charge on any atom is 0.271 e. The highest BCUT2D eigenvalue weighted by Crippen LogP contribution is 2.11. The topological polar surface area (TPSA) is 59.9 Å². The molecule has 5 nitrogen and oxygen atoms in total. The van der Waals surface area contributed by atoms with Crippen LogP contribution in [0.2, 0.25) is 0 Å². The third kappa shape index (κ3) is 4.07. The molecule has 2 aromatic carbocycles. The zero-order chi connectivity index (χ0) is 15.1. The Balaban J connectivity index is 1.94. The van der Waals surface area contributed by atoms with Crippen molar-refractivity contribution >= 4 is 12.1 Å². The van der Waals surface area contributed by atoms with Gasteiger partial charge in [0.1, 0.15) is 11.5 Å². The highest BCUT2D eigenvalue weighted by molar-refractivity contribution is 5.95. The maximum atomic E-state index is 11.8. The lowest BCUT2D eigenvalue weighted by Gasteiger charge is -2.02. The minimum Gasteiger partial charge on any atom is -0.497 e. The highest BCUT2D eigenvalue weighted by Gasteiger charge is 2.03. The largest absolute Gasteiger partial charge is 0.497 e. The maximum absolute atomic E-state index is 11.8. The Morgan fingerprint density at radius 1 is 0.952 bits per heavy atom. The lowest BCUT2D eigenvalue weighted by atomic mass is 10.2. The van der Waals surface area contributed by atoms with Crippen molar-refractivity contribution in [3.63, 3.8) is 0 Å². The zero-order valence-electron chi connectivity index (χ0n) is 11.9. The Bertz CT molecular complexity index is 619. The normalized spacial score (nSPS) is 10.4. The molecule has 0 saturated carbocycles. The second kappa shape index (κ2) is 7.09. The van der Waals surface area contributed by atoms with E-state index in [0.29, 0.717) is 11.3 Å². The second-order valence-corrected chi connectivity index (χ2v) is 4.20. The van der Waals surface area contributed by atoms with E-state index in [1.54, 1.807) is 44.7 Å². The Labute approximate surface area is 123 Å². The standard InChI is InChI=1S/C16H16N2O3/c1-20-14-7-3-12(4-8-14)11-17-18-16(19)13-5-9-15(21-2)10-6-13/h3-11H,1-2H3,(H,18,19). The molecular weight excluding hydrogens is 268 g/mol. The van der Waals surface area contributed by atoms with Crippen LogP contribution in [0.3, 0.4) is 0 Å². The van der Waals surface area contributed by atoms with E-state index >= 15 is 0 Å². The first-order valence-electron chi connectivity index (χ1n) is 6.34. The van der Waals surface area contributed by atoms with Gasteiger partial charge in [0.2, 0.25) is 0 Å². The fourth-order valence-electron chi connectivity index (χ4n) is 1.66. The first-order chi connectivity index (χ1) is 10.2. The molecule has 0 fully saturated rings. The number of amides is 1. The van der Waals surface area contributed by atoms with Crippen LogP contribution in [0.4, 0.5) is 0 Å². The predicted octanol–water partition coefficient (Wildman–Crippen LogP) is 2.47. The number of methoxy groups -OCH3 is 2. The molecule has 0 bridgehead atoms. The van der Waals surface area contributed by atoms with Crippen LogP contribution in [-0.4, -0.2) is 26.3 Å². The number of carbonyl (C=O) groups is 1. The summed E-state index contributed by atoms with van der Waals surface area (Å²) in [6.07, 6.45) is 1.57. The molecule has 0 heterocycles. The number of nitrogens with zero attached hydrogens (tertiary/aromatic N) is 1. The van der Waals surface area contributed by atoms with Gasteiger partial charge in [-0.05, 0) is 54.1 Å². The summed E-state index contributed by atoms with van der Waals surface area (Å²) in [5.41, 5.74) is 3.85. The van der Waals surface area contributed by atoms with E-state index in [1.807, 2.05) is 24.3 Å². The molecule has 21 heavy (non-hydrogen) atoms. The van der Waals surface area contributed by atoms with Crippen molar-refractivity contribution in [3.05, 3.63) is 59.7 Å². The van der Waals surface area contributed by atoms with Gasteiger partial charge in [-0.1, -0.05) is 0 Å². The predicted molar refractivity (Wildman–Crippen MR) is 81.0 cm³/mol. The molecule has 0 atom stereocenters. The summed E-state index contributed by atoms with van der Waals surface area (Å²) in [4.78, 5) is 11.8. The monoisotopic (exact) mass is 284 g/mol. The third-order valence-corrected chi connectivity index (χ3v) is 2.85. The molecule has 0 aromatic heterocycles. The summed E-state index contributed by atoms with van der Waals surface area (Å²) >= 11 is 0. The van der Waals surface area contributed by atoms with Gasteiger partial charge in [0.15, 0.2) is 0 Å². The summed E-state index contributed by atoms with van der Waals surface area (Å²) in [6.45, 7) is 0. The Hall–Kier alpha value is -2.82. The fraction of sp³-hybridized carbons (Fsp3) is 0.125. The molecule has 0 aliphatic rings. The SMILES string of the molecule is COc1ccc(C=NNC(=O)c2ccc(OC)cc2)cc1. The number of carbonyl (C=O) groups excluding carboxylic acids is 1. The van der Waals surface area contributed by atoms with E-state index < -0.39 is 0 Å². The first-order valence-corrected chi connectivity index (χ1v) is 6.34. The van der Waals surface area contributed by atoms with Gasteiger partial charge in [-0.3, -0.25) is 4.79 Å². The van der Waals surface area contributed by atoms with E-state index in [4.69, 9.17) is 9.47 Å². The molecule has 0 aliphatic carbocycles. The van der Waals surface area contributed by atoms with Crippen LogP contribution in [-0.2, 0) is 0 Å². The molecule has 1 N–H and O–H groups in total. The van der Waals surface area contributed by atoms with E-state index in [2.05, 4.69) is 10.5 Å². The average molecular weight is 284 g/mol. The van der Waals surface area contributed by atoms with Gasteiger partial charge in [-0.2, -0.15) is 5.10 Å². The van der Waals surface area contributed by atoms with Crippen molar-refractivity contribution in [3.8, 4) is 11.5 Å². The minimum atomic E-state index is -0.276. The lowest BCUT2D eigenvalue weighted by molar-refractivity contribution is 0.0955. The van der Waals surface area contributed by atoms with Gasteiger partial charge in [-0.15, -0.1) is 0 Å². The van der Waals surface area contributed by atoms with Gasteiger partial charge in [-0.25, -0.2) is 5.43 Å². The van der Waals surface area contributed by atoms with Crippen LogP contribution in [0.1, 0.15) is 15.9 Å². The summed E-state index contributed by atoms with van der Waals surface area (Å²) in [5.74, 6) is 1.20. The molecule has 0 saturated heterocycles. The minimum absolute atomic E-state index is 0.276. The van der Waals surface area contributed by atoms with Crippen molar-refractivity contribution in [1.29, 1.82) is 0 Å². The molecule has 0 spiro atoms. The fourth-order valence-corrected chi connectivity index (χ4v) is 1.66. The van der Waals surface area contributed by atoms with Gasteiger partial charge >= 0.3 is 0 Å². The van der Waals surface area contributed by atoms with Gasteiger partial charge in [0.25, 0.3) is 5.91 Å². The van der Waals surface area contributed by atoms with Gasteiger partial charge in [0, 0.05) is 5.56 Å². The number of benzene rings is 2. The summed E-state index contributed by atoms with van der Waals surface area (Å²) < 4.78 is 10.1.